The molecule has 0 bridgehead atoms. The van der Waals surface area contributed by atoms with Crippen molar-refractivity contribution in [2.24, 2.45) is 5.92 Å². The van der Waals surface area contributed by atoms with Crippen molar-refractivity contribution >= 4 is 11.7 Å². The van der Waals surface area contributed by atoms with Crippen LogP contribution in [-0.2, 0) is 4.79 Å². The standard InChI is InChI=1S/C14H17N3O2/c1-16-6-7-17(10-12(9-16)14(18)19)13-4-2-11(8-15)3-5-13/h2-5,12H,6-7,9-10H2,1H3,(H,18,19). The first-order chi connectivity index (χ1) is 9.10. The highest BCUT2D eigenvalue weighted by atomic mass is 16.4. The quantitative estimate of drug-likeness (QED) is 0.858. The van der Waals surface area contributed by atoms with Gasteiger partial charge in [0, 0.05) is 31.9 Å². The second kappa shape index (κ2) is 5.72. The van der Waals surface area contributed by atoms with Crippen molar-refractivity contribution in [3.05, 3.63) is 29.8 Å². The van der Waals surface area contributed by atoms with Crippen LogP contribution in [0.2, 0.25) is 0 Å². The summed E-state index contributed by atoms with van der Waals surface area (Å²) >= 11 is 0. The molecule has 1 atom stereocenters. The Kier molecular flexibility index (Phi) is 4.03. The van der Waals surface area contributed by atoms with Crippen molar-refractivity contribution < 1.29 is 9.90 Å². The van der Waals surface area contributed by atoms with Crippen LogP contribution in [0.15, 0.2) is 24.3 Å². The van der Waals surface area contributed by atoms with Crippen LogP contribution in [0.3, 0.4) is 0 Å². The summed E-state index contributed by atoms with van der Waals surface area (Å²) in [6.07, 6.45) is 0. The third-order valence-corrected chi connectivity index (χ3v) is 3.44. The van der Waals surface area contributed by atoms with Crippen LogP contribution < -0.4 is 4.90 Å². The minimum atomic E-state index is -0.757. The zero-order valence-electron chi connectivity index (χ0n) is 10.9. The maximum absolute atomic E-state index is 11.2. The Morgan fingerprint density at radius 3 is 2.58 bits per heavy atom. The molecule has 1 saturated heterocycles. The molecule has 19 heavy (non-hydrogen) atoms. The van der Waals surface area contributed by atoms with Crippen LogP contribution in [0.1, 0.15) is 5.56 Å². The van der Waals surface area contributed by atoms with Crippen LogP contribution in [0, 0.1) is 17.2 Å². The van der Waals surface area contributed by atoms with Crippen molar-refractivity contribution in [2.45, 2.75) is 0 Å². The monoisotopic (exact) mass is 259 g/mol. The maximum atomic E-state index is 11.2. The molecule has 2 rings (SSSR count). The van der Waals surface area contributed by atoms with Crippen molar-refractivity contribution in [3.8, 4) is 6.07 Å². The van der Waals surface area contributed by atoms with E-state index in [0.29, 0.717) is 18.7 Å². The van der Waals surface area contributed by atoms with Gasteiger partial charge in [-0.3, -0.25) is 4.79 Å². The van der Waals surface area contributed by atoms with E-state index in [1.807, 2.05) is 24.1 Å². The van der Waals surface area contributed by atoms with Crippen molar-refractivity contribution in [1.82, 2.24) is 4.90 Å². The SMILES string of the molecule is CN1CCN(c2ccc(C#N)cc2)CC(C(=O)O)C1. The largest absolute Gasteiger partial charge is 0.481 e. The normalized spacial score (nSPS) is 20.6. The third kappa shape index (κ3) is 3.24. The Hall–Kier alpha value is -2.06. The van der Waals surface area contributed by atoms with Gasteiger partial charge in [-0.2, -0.15) is 5.26 Å². The number of rotatable bonds is 2. The topological polar surface area (TPSA) is 67.6 Å². The van der Waals surface area contributed by atoms with E-state index < -0.39 is 5.97 Å². The summed E-state index contributed by atoms with van der Waals surface area (Å²) in [7, 11) is 1.94. The highest BCUT2D eigenvalue weighted by Crippen LogP contribution is 2.19. The Morgan fingerprint density at radius 2 is 2.00 bits per heavy atom. The number of carboxylic acids is 1. The molecule has 1 heterocycles. The fourth-order valence-electron chi connectivity index (χ4n) is 2.31. The molecule has 0 amide bonds. The average molecular weight is 259 g/mol. The number of anilines is 1. The highest BCUT2D eigenvalue weighted by molar-refractivity contribution is 5.71. The van der Waals surface area contributed by atoms with Gasteiger partial charge in [0.05, 0.1) is 17.6 Å². The molecule has 0 aliphatic carbocycles. The second-order valence-electron chi connectivity index (χ2n) is 4.90. The summed E-state index contributed by atoms with van der Waals surface area (Å²) in [4.78, 5) is 15.4. The number of carbonyl (C=O) groups is 1. The average Bonchev–Trinajstić information content (AvgIpc) is 2.61. The first-order valence-corrected chi connectivity index (χ1v) is 6.26. The predicted molar refractivity (Wildman–Crippen MR) is 72.0 cm³/mol. The number of aliphatic carboxylic acids is 1. The number of hydrogen-bond acceptors (Lipinski definition) is 4. The van der Waals surface area contributed by atoms with Crippen LogP contribution in [0.25, 0.3) is 0 Å². The van der Waals surface area contributed by atoms with Gasteiger partial charge in [0.1, 0.15) is 0 Å². The minimum Gasteiger partial charge on any atom is -0.481 e. The molecule has 1 N–H and O–H groups in total. The molecule has 100 valence electrons. The zero-order valence-corrected chi connectivity index (χ0v) is 10.9. The number of hydrogen-bond donors (Lipinski definition) is 1. The number of benzene rings is 1. The first kappa shape index (κ1) is 13.4. The van der Waals surface area contributed by atoms with Gasteiger partial charge < -0.3 is 14.9 Å². The molecule has 5 nitrogen and oxygen atoms in total. The first-order valence-electron chi connectivity index (χ1n) is 6.26. The van der Waals surface area contributed by atoms with E-state index in [1.165, 1.54) is 0 Å². The van der Waals surface area contributed by atoms with Gasteiger partial charge in [0.25, 0.3) is 0 Å². The fourth-order valence-corrected chi connectivity index (χ4v) is 2.31. The number of likely N-dealkylation sites (N-methyl/N-ethyl adjacent to an activating group) is 1. The summed E-state index contributed by atoms with van der Waals surface area (Å²) in [6, 6.07) is 9.37. The molecule has 1 aliphatic heterocycles. The second-order valence-corrected chi connectivity index (χ2v) is 4.90. The van der Waals surface area contributed by atoms with Gasteiger partial charge in [0.2, 0.25) is 0 Å². The van der Waals surface area contributed by atoms with Crippen molar-refractivity contribution in [2.75, 3.05) is 38.1 Å². The van der Waals surface area contributed by atoms with Crippen LogP contribution in [0.4, 0.5) is 5.69 Å². The van der Waals surface area contributed by atoms with E-state index in [4.69, 9.17) is 5.26 Å². The van der Waals surface area contributed by atoms with Crippen LogP contribution in [-0.4, -0.2) is 49.2 Å². The fraction of sp³-hybridized carbons (Fsp3) is 0.429. The van der Waals surface area contributed by atoms with Gasteiger partial charge >= 0.3 is 5.97 Å². The number of nitrogens with zero attached hydrogens (tertiary/aromatic N) is 3. The summed E-state index contributed by atoms with van der Waals surface area (Å²) in [5, 5.41) is 18.0. The summed E-state index contributed by atoms with van der Waals surface area (Å²) in [5.74, 6) is -1.14. The number of carboxylic acid groups (broad SMARTS) is 1. The molecule has 0 spiro atoms. The zero-order chi connectivity index (χ0) is 13.8. The lowest BCUT2D eigenvalue weighted by Crippen LogP contribution is -2.33. The third-order valence-electron chi connectivity index (χ3n) is 3.44. The Bertz CT molecular complexity index is 492. The molecule has 1 fully saturated rings. The molecule has 0 radical (unpaired) electrons. The smallest absolute Gasteiger partial charge is 0.309 e. The van der Waals surface area contributed by atoms with Gasteiger partial charge in [-0.05, 0) is 31.3 Å². The molecule has 1 aromatic carbocycles. The molecular formula is C14H17N3O2. The number of nitriles is 1. The van der Waals surface area contributed by atoms with E-state index in [9.17, 15) is 9.90 Å². The predicted octanol–water partition coefficient (Wildman–Crippen LogP) is 1.01. The lowest BCUT2D eigenvalue weighted by atomic mass is 10.1. The highest BCUT2D eigenvalue weighted by Gasteiger charge is 2.26. The van der Waals surface area contributed by atoms with E-state index in [2.05, 4.69) is 11.0 Å². The van der Waals surface area contributed by atoms with E-state index in [1.54, 1.807) is 12.1 Å². The molecule has 0 aromatic heterocycles. The van der Waals surface area contributed by atoms with E-state index in [0.717, 1.165) is 18.8 Å². The van der Waals surface area contributed by atoms with Crippen LogP contribution >= 0.6 is 0 Å². The van der Waals surface area contributed by atoms with Gasteiger partial charge in [-0.1, -0.05) is 0 Å². The summed E-state index contributed by atoms with van der Waals surface area (Å²) in [6.45, 7) is 2.71. The van der Waals surface area contributed by atoms with Crippen LogP contribution in [0.5, 0.6) is 0 Å². The van der Waals surface area contributed by atoms with Gasteiger partial charge in [0.15, 0.2) is 0 Å². The summed E-state index contributed by atoms with van der Waals surface area (Å²) in [5.41, 5.74) is 1.59. The van der Waals surface area contributed by atoms with Crippen molar-refractivity contribution in [3.63, 3.8) is 0 Å². The Labute approximate surface area is 112 Å². The van der Waals surface area contributed by atoms with Crippen molar-refractivity contribution in [1.29, 1.82) is 5.26 Å². The summed E-state index contributed by atoms with van der Waals surface area (Å²) < 4.78 is 0. The minimum absolute atomic E-state index is 0.386. The Morgan fingerprint density at radius 1 is 1.32 bits per heavy atom. The molecule has 1 unspecified atom stereocenters. The van der Waals surface area contributed by atoms with Gasteiger partial charge in [-0.15, -0.1) is 0 Å². The molecule has 0 saturated carbocycles. The lowest BCUT2D eigenvalue weighted by Gasteiger charge is -2.24. The lowest BCUT2D eigenvalue weighted by molar-refractivity contribution is -0.141. The van der Waals surface area contributed by atoms with Gasteiger partial charge in [-0.25, -0.2) is 0 Å². The molecule has 1 aromatic rings. The van der Waals surface area contributed by atoms with E-state index in [-0.39, 0.29) is 5.92 Å². The molecular weight excluding hydrogens is 242 g/mol. The molecule has 5 heteroatoms. The van der Waals surface area contributed by atoms with E-state index >= 15 is 0 Å². The molecule has 1 aliphatic rings. The maximum Gasteiger partial charge on any atom is 0.309 e. The Balaban J connectivity index is 2.17.